The van der Waals surface area contributed by atoms with E-state index >= 15 is 0 Å². The van der Waals surface area contributed by atoms with Crippen LogP contribution in [0.5, 0.6) is 5.75 Å². The lowest BCUT2D eigenvalue weighted by Gasteiger charge is -2.57. The van der Waals surface area contributed by atoms with Crippen LogP contribution in [0.2, 0.25) is 0 Å². The molecule has 1 aromatic carbocycles. The third kappa shape index (κ3) is 3.37. The number of hydrogen-bond acceptors (Lipinski definition) is 4. The summed E-state index contributed by atoms with van der Waals surface area (Å²) in [5.41, 5.74) is 3.87. The van der Waals surface area contributed by atoms with Crippen LogP contribution in [0, 0.1) is 17.3 Å². The van der Waals surface area contributed by atoms with Gasteiger partial charge in [-0.1, -0.05) is 26.3 Å². The van der Waals surface area contributed by atoms with Crippen LogP contribution in [-0.2, 0) is 27.9 Å². The van der Waals surface area contributed by atoms with Crippen molar-refractivity contribution >= 4 is 10.3 Å². The Morgan fingerprint density at radius 2 is 2.00 bits per heavy atom. The van der Waals surface area contributed by atoms with Gasteiger partial charge in [0.15, 0.2) is 0 Å². The van der Waals surface area contributed by atoms with Gasteiger partial charge in [-0.25, -0.2) is 0 Å². The number of rotatable bonds is 4. The number of fused-ring (bicyclic) bond motifs is 5. The van der Waals surface area contributed by atoms with Crippen LogP contribution in [0.3, 0.4) is 0 Å². The highest BCUT2D eigenvalue weighted by molar-refractivity contribution is 7.84. The van der Waals surface area contributed by atoms with E-state index in [1.54, 1.807) is 0 Å². The van der Waals surface area contributed by atoms with Crippen LogP contribution in [0.15, 0.2) is 12.1 Å². The van der Waals surface area contributed by atoms with Crippen molar-refractivity contribution in [3.63, 3.8) is 0 Å². The Bertz CT molecular complexity index is 852. The van der Waals surface area contributed by atoms with Gasteiger partial charge in [-0.05, 0) is 90.9 Å². The van der Waals surface area contributed by atoms with Gasteiger partial charge < -0.3 is 8.92 Å². The molecule has 0 bridgehead atoms. The number of benzene rings is 1. The molecule has 5 nitrogen and oxygen atoms in total. The summed E-state index contributed by atoms with van der Waals surface area (Å²) in [5, 5.41) is 5.13. The molecule has 0 aliphatic heterocycles. The van der Waals surface area contributed by atoms with Gasteiger partial charge in [-0.2, -0.15) is 13.6 Å². The molecule has 156 valence electrons. The quantitative estimate of drug-likeness (QED) is 0.815. The Balaban J connectivity index is 1.69. The van der Waals surface area contributed by atoms with Crippen molar-refractivity contribution in [2.24, 2.45) is 22.4 Å². The normalized spacial score (nSPS) is 34.9. The fourth-order valence-corrected chi connectivity index (χ4v) is 7.06. The number of hydrogen-bond donors (Lipinski definition) is 1. The summed E-state index contributed by atoms with van der Waals surface area (Å²) in [6.07, 6.45) is 9.38. The molecule has 2 N–H and O–H groups in total. The molecule has 4 rings (SSSR count). The number of ether oxygens (including phenoxy) is 1. The van der Waals surface area contributed by atoms with Crippen LogP contribution in [0.25, 0.3) is 0 Å². The van der Waals surface area contributed by atoms with E-state index in [-0.39, 0.29) is 5.41 Å². The van der Waals surface area contributed by atoms with E-state index in [1.165, 1.54) is 43.2 Å². The Labute approximate surface area is 169 Å². The second-order valence-corrected chi connectivity index (χ2v) is 10.4. The Morgan fingerprint density at radius 3 is 2.68 bits per heavy atom. The molecule has 0 radical (unpaired) electrons. The lowest BCUT2D eigenvalue weighted by molar-refractivity contribution is -0.114. The minimum atomic E-state index is -4.01. The van der Waals surface area contributed by atoms with E-state index in [0.717, 1.165) is 24.8 Å². The molecule has 28 heavy (non-hydrogen) atoms. The van der Waals surface area contributed by atoms with Crippen molar-refractivity contribution in [3.05, 3.63) is 28.8 Å². The molecule has 3 aliphatic rings. The van der Waals surface area contributed by atoms with Crippen molar-refractivity contribution in [1.82, 2.24) is 0 Å². The fourth-order valence-electron chi connectivity index (χ4n) is 6.66. The molecule has 1 unspecified atom stereocenters. The largest absolute Gasteiger partial charge is 0.381 e. The van der Waals surface area contributed by atoms with Crippen molar-refractivity contribution < 1.29 is 17.3 Å². The van der Waals surface area contributed by atoms with E-state index < -0.39 is 10.3 Å². The maximum atomic E-state index is 11.5. The minimum absolute atomic E-state index is 0.288. The highest BCUT2D eigenvalue weighted by atomic mass is 32.2. The van der Waals surface area contributed by atoms with Crippen LogP contribution < -0.4 is 9.32 Å². The molecule has 5 atom stereocenters. The van der Waals surface area contributed by atoms with Gasteiger partial charge in [0, 0.05) is 7.11 Å². The van der Waals surface area contributed by atoms with Gasteiger partial charge in [0.2, 0.25) is 0 Å². The molecular weight excluding hydrogens is 374 g/mol. The molecule has 0 spiro atoms. The summed E-state index contributed by atoms with van der Waals surface area (Å²) >= 11 is 0. The van der Waals surface area contributed by atoms with Gasteiger partial charge in [-0.3, -0.25) is 0 Å². The van der Waals surface area contributed by atoms with Crippen molar-refractivity contribution in [3.8, 4) is 5.75 Å². The zero-order valence-corrected chi connectivity index (χ0v) is 18.1. The average Bonchev–Trinajstić information content (AvgIpc) is 2.64. The number of methoxy groups -OCH3 is 1. The highest BCUT2D eigenvalue weighted by Crippen LogP contribution is 2.60. The number of nitrogens with two attached hydrogens (primary N) is 1. The number of aryl methyl sites for hydroxylation is 2. The maximum absolute atomic E-state index is 11.5. The topological polar surface area (TPSA) is 78.6 Å². The van der Waals surface area contributed by atoms with E-state index in [0.29, 0.717) is 29.6 Å². The van der Waals surface area contributed by atoms with Crippen LogP contribution in [-0.4, -0.2) is 21.6 Å². The van der Waals surface area contributed by atoms with Crippen LogP contribution in [0.1, 0.15) is 75.0 Å². The van der Waals surface area contributed by atoms with Gasteiger partial charge >= 0.3 is 10.3 Å². The van der Waals surface area contributed by atoms with Gasteiger partial charge in [0.25, 0.3) is 0 Å². The summed E-state index contributed by atoms with van der Waals surface area (Å²) in [6.45, 7) is 4.48. The average molecular weight is 408 g/mol. The summed E-state index contributed by atoms with van der Waals surface area (Å²) in [7, 11) is -2.13. The molecule has 0 saturated heterocycles. The Morgan fingerprint density at radius 1 is 1.21 bits per heavy atom. The minimum Gasteiger partial charge on any atom is -0.381 e. The van der Waals surface area contributed by atoms with E-state index in [9.17, 15) is 8.42 Å². The van der Waals surface area contributed by atoms with E-state index in [4.69, 9.17) is 14.1 Å². The zero-order valence-electron chi connectivity index (χ0n) is 17.2. The van der Waals surface area contributed by atoms with Gasteiger partial charge in [-0.15, -0.1) is 0 Å². The molecule has 0 aromatic heterocycles. The first kappa shape index (κ1) is 20.2. The lowest BCUT2D eigenvalue weighted by Crippen LogP contribution is -2.51. The van der Waals surface area contributed by atoms with Crippen LogP contribution >= 0.6 is 0 Å². The third-order valence-electron chi connectivity index (χ3n) is 7.93. The van der Waals surface area contributed by atoms with Crippen molar-refractivity contribution in [1.29, 1.82) is 0 Å². The first-order chi connectivity index (χ1) is 13.3. The van der Waals surface area contributed by atoms with Gasteiger partial charge in [0.05, 0.1) is 6.10 Å². The van der Waals surface area contributed by atoms with Gasteiger partial charge in [0.1, 0.15) is 5.75 Å². The molecular formula is C22H33NO4S. The highest BCUT2D eigenvalue weighted by Gasteiger charge is 2.53. The monoisotopic (exact) mass is 407 g/mol. The first-order valence-electron chi connectivity index (χ1n) is 10.7. The summed E-state index contributed by atoms with van der Waals surface area (Å²) < 4.78 is 33.9. The fraction of sp³-hybridized carbons (Fsp3) is 0.727. The predicted octanol–water partition coefficient (Wildman–Crippen LogP) is 4.09. The molecule has 2 saturated carbocycles. The SMILES string of the molecule is CCc1cc2c(cc1OS(N)(=O)=O)CC[C@@H]1[C@@H]2CC[C@]2(C)C(OC)CCC[C@@H]12. The van der Waals surface area contributed by atoms with E-state index in [2.05, 4.69) is 13.0 Å². The van der Waals surface area contributed by atoms with Crippen molar-refractivity contribution in [2.45, 2.75) is 77.2 Å². The molecule has 0 amide bonds. The molecule has 3 aliphatic carbocycles. The Kier molecular flexibility index (Phi) is 5.26. The molecule has 0 heterocycles. The maximum Gasteiger partial charge on any atom is 0.380 e. The zero-order chi connectivity index (χ0) is 20.1. The molecule has 2 fully saturated rings. The molecule has 1 aromatic rings. The second kappa shape index (κ2) is 7.29. The van der Waals surface area contributed by atoms with Crippen LogP contribution in [0.4, 0.5) is 0 Å². The summed E-state index contributed by atoms with van der Waals surface area (Å²) in [5.74, 6) is 2.37. The Hall–Kier alpha value is -1.11. The molecule has 6 heteroatoms. The smallest absolute Gasteiger partial charge is 0.380 e. The first-order valence-corrected chi connectivity index (χ1v) is 12.1. The standard InChI is InChI=1S/C22H33NO4S/c1-4-14-12-18-15(13-20(14)27-28(23,24)25)8-9-17-16(18)10-11-22(2)19(17)6-5-7-21(22)26-3/h12-13,16-17,19,21H,4-11H2,1-3H3,(H2,23,24,25)/t16-,17+,19-,21?,22-/m0/s1. The van der Waals surface area contributed by atoms with E-state index in [1.807, 2.05) is 20.1 Å². The summed E-state index contributed by atoms with van der Waals surface area (Å²) in [4.78, 5) is 0. The predicted molar refractivity (Wildman–Crippen MR) is 110 cm³/mol. The lowest BCUT2D eigenvalue weighted by atomic mass is 9.50. The second-order valence-electron chi connectivity index (χ2n) is 9.20. The van der Waals surface area contributed by atoms with Crippen molar-refractivity contribution in [2.75, 3.05) is 7.11 Å². The summed E-state index contributed by atoms with van der Waals surface area (Å²) in [6, 6.07) is 4.13. The third-order valence-corrected chi connectivity index (χ3v) is 8.34.